The SMILES string of the molecule is CONCc1cc2cccnc2[nH]1. The van der Waals surface area contributed by atoms with Crippen LogP contribution in [0.5, 0.6) is 0 Å². The molecule has 0 saturated heterocycles. The lowest BCUT2D eigenvalue weighted by Crippen LogP contribution is -2.10. The van der Waals surface area contributed by atoms with Crippen LogP contribution in [-0.2, 0) is 11.4 Å². The van der Waals surface area contributed by atoms with Crippen LogP contribution in [0.2, 0.25) is 0 Å². The van der Waals surface area contributed by atoms with Crippen LogP contribution in [0.4, 0.5) is 0 Å². The van der Waals surface area contributed by atoms with Gasteiger partial charge >= 0.3 is 0 Å². The highest BCUT2D eigenvalue weighted by molar-refractivity contribution is 5.76. The van der Waals surface area contributed by atoms with Crippen LogP contribution in [0.25, 0.3) is 11.0 Å². The first-order chi connectivity index (χ1) is 6.40. The molecule has 0 aliphatic carbocycles. The summed E-state index contributed by atoms with van der Waals surface area (Å²) in [4.78, 5) is 12.1. The summed E-state index contributed by atoms with van der Waals surface area (Å²) in [5, 5.41) is 1.12. The standard InChI is InChI=1S/C9H11N3O/c1-13-11-6-8-5-7-3-2-4-10-9(7)12-8/h2-5,11H,6H2,1H3,(H,10,12). The average Bonchev–Trinajstić information content (AvgIpc) is 2.57. The Hall–Kier alpha value is -1.39. The van der Waals surface area contributed by atoms with E-state index in [0.29, 0.717) is 6.54 Å². The van der Waals surface area contributed by atoms with Crippen molar-refractivity contribution in [1.29, 1.82) is 0 Å². The summed E-state index contributed by atoms with van der Waals surface area (Å²) in [5.74, 6) is 0. The summed E-state index contributed by atoms with van der Waals surface area (Å²) in [6, 6.07) is 5.99. The van der Waals surface area contributed by atoms with Crippen molar-refractivity contribution in [2.24, 2.45) is 0 Å². The third kappa shape index (κ3) is 1.68. The van der Waals surface area contributed by atoms with Crippen molar-refractivity contribution < 1.29 is 4.84 Å². The molecular weight excluding hydrogens is 166 g/mol. The van der Waals surface area contributed by atoms with Crippen LogP contribution in [0.15, 0.2) is 24.4 Å². The van der Waals surface area contributed by atoms with Gasteiger partial charge in [0.1, 0.15) is 5.65 Å². The van der Waals surface area contributed by atoms with Gasteiger partial charge in [-0.1, -0.05) is 0 Å². The monoisotopic (exact) mass is 177 g/mol. The minimum Gasteiger partial charge on any atom is -0.342 e. The third-order valence-electron chi connectivity index (χ3n) is 1.85. The van der Waals surface area contributed by atoms with E-state index in [-0.39, 0.29) is 0 Å². The van der Waals surface area contributed by atoms with Crippen molar-refractivity contribution in [3.63, 3.8) is 0 Å². The lowest BCUT2D eigenvalue weighted by atomic mass is 10.3. The fourth-order valence-electron chi connectivity index (χ4n) is 1.26. The average molecular weight is 177 g/mol. The Kier molecular flexibility index (Phi) is 2.25. The van der Waals surface area contributed by atoms with Gasteiger partial charge in [0.25, 0.3) is 0 Å². The summed E-state index contributed by atoms with van der Waals surface area (Å²) >= 11 is 0. The number of H-pyrrole nitrogens is 1. The Morgan fingerprint density at radius 1 is 1.62 bits per heavy atom. The molecule has 2 aromatic rings. The first kappa shape index (κ1) is 8.22. The summed E-state index contributed by atoms with van der Waals surface area (Å²) in [6.45, 7) is 0.660. The second kappa shape index (κ2) is 3.55. The zero-order valence-electron chi connectivity index (χ0n) is 7.37. The molecule has 4 nitrogen and oxygen atoms in total. The molecule has 68 valence electrons. The molecule has 0 radical (unpaired) electrons. The van der Waals surface area contributed by atoms with E-state index in [0.717, 1.165) is 16.7 Å². The van der Waals surface area contributed by atoms with Gasteiger partial charge in [-0.15, -0.1) is 0 Å². The highest BCUT2D eigenvalue weighted by Gasteiger charge is 1.99. The maximum absolute atomic E-state index is 4.75. The van der Waals surface area contributed by atoms with E-state index < -0.39 is 0 Å². The molecule has 0 aromatic carbocycles. The molecule has 0 unspecified atom stereocenters. The molecule has 2 rings (SSSR count). The fourth-order valence-corrected chi connectivity index (χ4v) is 1.26. The van der Waals surface area contributed by atoms with Crippen molar-refractivity contribution in [2.45, 2.75) is 6.54 Å². The minimum atomic E-state index is 0.660. The number of hydrogen-bond acceptors (Lipinski definition) is 3. The largest absolute Gasteiger partial charge is 0.342 e. The molecule has 0 bridgehead atoms. The van der Waals surface area contributed by atoms with Crippen LogP contribution in [0.1, 0.15) is 5.69 Å². The van der Waals surface area contributed by atoms with Crippen molar-refractivity contribution in [2.75, 3.05) is 7.11 Å². The molecule has 0 aliphatic heterocycles. The van der Waals surface area contributed by atoms with Gasteiger partial charge in [0, 0.05) is 17.3 Å². The molecule has 0 fully saturated rings. The second-order valence-electron chi connectivity index (χ2n) is 2.76. The molecule has 2 heterocycles. The van der Waals surface area contributed by atoms with E-state index in [1.807, 2.05) is 18.2 Å². The highest BCUT2D eigenvalue weighted by atomic mass is 16.6. The van der Waals surface area contributed by atoms with Gasteiger partial charge in [-0.25, -0.2) is 4.98 Å². The Morgan fingerprint density at radius 2 is 2.54 bits per heavy atom. The van der Waals surface area contributed by atoms with Gasteiger partial charge in [0.2, 0.25) is 0 Å². The quantitative estimate of drug-likeness (QED) is 0.693. The van der Waals surface area contributed by atoms with E-state index in [1.54, 1.807) is 13.3 Å². The van der Waals surface area contributed by atoms with Crippen LogP contribution >= 0.6 is 0 Å². The molecule has 4 heteroatoms. The van der Waals surface area contributed by atoms with Crippen molar-refractivity contribution >= 4 is 11.0 Å². The van der Waals surface area contributed by atoms with E-state index in [1.165, 1.54) is 0 Å². The van der Waals surface area contributed by atoms with Gasteiger partial charge < -0.3 is 9.82 Å². The topological polar surface area (TPSA) is 49.9 Å². The van der Waals surface area contributed by atoms with Crippen LogP contribution in [0.3, 0.4) is 0 Å². The number of rotatable bonds is 3. The number of aromatic amines is 1. The molecule has 2 aromatic heterocycles. The van der Waals surface area contributed by atoms with E-state index in [2.05, 4.69) is 15.4 Å². The van der Waals surface area contributed by atoms with Crippen LogP contribution in [-0.4, -0.2) is 17.1 Å². The van der Waals surface area contributed by atoms with Crippen LogP contribution < -0.4 is 5.48 Å². The Morgan fingerprint density at radius 3 is 3.31 bits per heavy atom. The maximum Gasteiger partial charge on any atom is 0.137 e. The zero-order chi connectivity index (χ0) is 9.10. The number of nitrogens with zero attached hydrogens (tertiary/aromatic N) is 1. The van der Waals surface area contributed by atoms with E-state index in [4.69, 9.17) is 4.84 Å². The molecule has 0 spiro atoms. The van der Waals surface area contributed by atoms with E-state index >= 15 is 0 Å². The molecule has 0 atom stereocenters. The highest BCUT2D eigenvalue weighted by Crippen LogP contribution is 2.11. The number of aromatic nitrogens is 2. The maximum atomic E-state index is 4.75. The number of nitrogens with one attached hydrogen (secondary N) is 2. The number of hydrogen-bond donors (Lipinski definition) is 2. The number of hydroxylamine groups is 1. The normalized spacial score (nSPS) is 10.8. The predicted molar refractivity (Wildman–Crippen MR) is 49.9 cm³/mol. The van der Waals surface area contributed by atoms with Crippen molar-refractivity contribution in [3.05, 3.63) is 30.1 Å². The smallest absolute Gasteiger partial charge is 0.137 e. The summed E-state index contributed by atoms with van der Waals surface area (Å²) < 4.78 is 0. The summed E-state index contributed by atoms with van der Waals surface area (Å²) in [6.07, 6.45) is 1.77. The van der Waals surface area contributed by atoms with E-state index in [9.17, 15) is 0 Å². The lowest BCUT2D eigenvalue weighted by Gasteiger charge is -1.96. The van der Waals surface area contributed by atoms with Crippen molar-refractivity contribution in [3.8, 4) is 0 Å². The van der Waals surface area contributed by atoms with Gasteiger partial charge in [0.05, 0.1) is 13.7 Å². The number of fused-ring (bicyclic) bond motifs is 1. The summed E-state index contributed by atoms with van der Waals surface area (Å²) in [7, 11) is 1.60. The molecule has 0 aliphatic rings. The first-order valence-corrected chi connectivity index (χ1v) is 4.08. The molecular formula is C9H11N3O. The fraction of sp³-hybridized carbons (Fsp3) is 0.222. The summed E-state index contributed by atoms with van der Waals surface area (Å²) in [5.41, 5.74) is 4.74. The first-order valence-electron chi connectivity index (χ1n) is 4.08. The minimum absolute atomic E-state index is 0.660. The third-order valence-corrected chi connectivity index (χ3v) is 1.85. The Bertz CT molecular complexity index is 363. The molecule has 0 saturated carbocycles. The number of pyridine rings is 1. The van der Waals surface area contributed by atoms with Gasteiger partial charge in [-0.05, 0) is 18.2 Å². The molecule has 2 N–H and O–H groups in total. The molecule has 13 heavy (non-hydrogen) atoms. The molecule has 0 amide bonds. The van der Waals surface area contributed by atoms with Gasteiger partial charge in [0.15, 0.2) is 0 Å². The van der Waals surface area contributed by atoms with Crippen molar-refractivity contribution in [1.82, 2.24) is 15.4 Å². The Balaban J connectivity index is 2.28. The zero-order valence-corrected chi connectivity index (χ0v) is 7.37. The predicted octanol–water partition coefficient (Wildman–Crippen LogP) is 1.21. The van der Waals surface area contributed by atoms with Crippen LogP contribution in [0, 0.1) is 0 Å². The lowest BCUT2D eigenvalue weighted by molar-refractivity contribution is 0.0860. The van der Waals surface area contributed by atoms with Gasteiger partial charge in [-0.2, -0.15) is 5.48 Å². The second-order valence-corrected chi connectivity index (χ2v) is 2.76. The van der Waals surface area contributed by atoms with Gasteiger partial charge in [-0.3, -0.25) is 0 Å². The Labute approximate surface area is 75.9 Å².